The van der Waals surface area contributed by atoms with Crippen LogP contribution in [0.1, 0.15) is 60.3 Å². The first-order valence-electron chi connectivity index (χ1n) is 7.65. The van der Waals surface area contributed by atoms with E-state index >= 15 is 0 Å². The molecule has 0 N–H and O–H groups in total. The molecule has 1 saturated carbocycles. The van der Waals surface area contributed by atoms with Crippen LogP contribution in [0.3, 0.4) is 0 Å². The van der Waals surface area contributed by atoms with Crippen LogP contribution in [0.25, 0.3) is 0 Å². The second-order valence-corrected chi connectivity index (χ2v) is 6.78. The number of rotatable bonds is 5. The Morgan fingerprint density at radius 2 is 1.86 bits per heavy atom. The van der Waals surface area contributed by atoms with E-state index in [4.69, 9.17) is 9.47 Å². The third kappa shape index (κ3) is 5.18. The van der Waals surface area contributed by atoms with Gasteiger partial charge in [0.2, 0.25) is 0 Å². The number of carbonyl (C=O) groups is 2. The van der Waals surface area contributed by atoms with E-state index in [0.717, 1.165) is 24.8 Å². The molecule has 0 aromatic carbocycles. The van der Waals surface area contributed by atoms with Gasteiger partial charge in [-0.05, 0) is 31.6 Å². The molecule has 120 valence electrons. The van der Waals surface area contributed by atoms with Crippen molar-refractivity contribution in [1.29, 1.82) is 0 Å². The highest BCUT2D eigenvalue weighted by Gasteiger charge is 2.42. The summed E-state index contributed by atoms with van der Waals surface area (Å²) >= 11 is 0. The molecule has 3 unspecified atom stereocenters. The fourth-order valence-corrected chi connectivity index (χ4v) is 3.52. The van der Waals surface area contributed by atoms with Crippen LogP contribution in [-0.4, -0.2) is 24.1 Å². The molecule has 0 saturated heterocycles. The highest BCUT2D eigenvalue weighted by atomic mass is 16.6. The topological polar surface area (TPSA) is 52.6 Å². The maximum Gasteiger partial charge on any atom is 0.302 e. The summed E-state index contributed by atoms with van der Waals surface area (Å²) in [6, 6.07) is 0. The zero-order valence-electron chi connectivity index (χ0n) is 13.9. The van der Waals surface area contributed by atoms with Crippen LogP contribution in [0.2, 0.25) is 0 Å². The average Bonchev–Trinajstić information content (AvgIpc) is 2.24. The van der Waals surface area contributed by atoms with E-state index in [1.165, 1.54) is 13.8 Å². The minimum Gasteiger partial charge on any atom is -0.463 e. The van der Waals surface area contributed by atoms with E-state index in [1.54, 1.807) is 0 Å². The summed E-state index contributed by atoms with van der Waals surface area (Å²) in [5.41, 5.74) is 1.17. The highest BCUT2D eigenvalue weighted by Crippen LogP contribution is 2.46. The number of hydrogen-bond acceptors (Lipinski definition) is 4. The molecule has 1 aliphatic rings. The van der Waals surface area contributed by atoms with Crippen LogP contribution in [0.15, 0.2) is 12.2 Å². The normalized spacial score (nSPS) is 24.0. The molecule has 0 aromatic rings. The smallest absolute Gasteiger partial charge is 0.302 e. The van der Waals surface area contributed by atoms with E-state index in [2.05, 4.69) is 20.4 Å². The van der Waals surface area contributed by atoms with Crippen molar-refractivity contribution < 1.29 is 19.1 Å². The molecule has 0 heterocycles. The molecular weight excluding hydrogens is 268 g/mol. The van der Waals surface area contributed by atoms with Gasteiger partial charge in [-0.1, -0.05) is 26.0 Å². The van der Waals surface area contributed by atoms with Crippen molar-refractivity contribution in [1.82, 2.24) is 0 Å². The minimum atomic E-state index is -0.314. The van der Waals surface area contributed by atoms with Gasteiger partial charge in [-0.3, -0.25) is 9.59 Å². The van der Waals surface area contributed by atoms with Crippen LogP contribution in [0.5, 0.6) is 0 Å². The molecule has 0 aliphatic heterocycles. The first-order valence-corrected chi connectivity index (χ1v) is 7.65. The van der Waals surface area contributed by atoms with E-state index in [0.29, 0.717) is 6.42 Å². The molecule has 4 heteroatoms. The zero-order valence-corrected chi connectivity index (χ0v) is 13.9. The lowest BCUT2D eigenvalue weighted by Gasteiger charge is -2.44. The van der Waals surface area contributed by atoms with Crippen LogP contribution in [-0.2, 0) is 19.1 Å². The molecule has 0 amide bonds. The van der Waals surface area contributed by atoms with Gasteiger partial charge in [0.1, 0.15) is 12.2 Å². The largest absolute Gasteiger partial charge is 0.463 e. The summed E-state index contributed by atoms with van der Waals surface area (Å²) in [4.78, 5) is 22.5. The predicted octanol–water partition coefficient (Wildman–Crippen LogP) is 3.64. The van der Waals surface area contributed by atoms with Crippen molar-refractivity contribution >= 4 is 11.9 Å². The van der Waals surface area contributed by atoms with E-state index in [9.17, 15) is 9.59 Å². The van der Waals surface area contributed by atoms with E-state index in [1.807, 2.05) is 6.92 Å². The fraction of sp³-hybridized carbons (Fsp3) is 0.765. The van der Waals surface area contributed by atoms with Crippen LogP contribution < -0.4 is 0 Å². The van der Waals surface area contributed by atoms with Crippen LogP contribution >= 0.6 is 0 Å². The molecule has 0 radical (unpaired) electrons. The molecule has 3 atom stereocenters. The maximum atomic E-state index is 11.5. The Labute approximate surface area is 127 Å². The quantitative estimate of drug-likeness (QED) is 0.574. The zero-order chi connectivity index (χ0) is 16.2. The minimum absolute atomic E-state index is 0.0331. The third-order valence-corrected chi connectivity index (χ3v) is 4.22. The lowest BCUT2D eigenvalue weighted by atomic mass is 9.64. The molecule has 1 aliphatic carbocycles. The molecule has 0 spiro atoms. The number of hydrogen-bond donors (Lipinski definition) is 0. The third-order valence-electron chi connectivity index (χ3n) is 4.22. The second kappa shape index (κ2) is 7.10. The SMILES string of the molecule is C=C1CCCC(C)(C)C1C(CC(C)OC(C)=O)OC(C)=O. The monoisotopic (exact) mass is 296 g/mol. The fourth-order valence-electron chi connectivity index (χ4n) is 3.52. The van der Waals surface area contributed by atoms with Gasteiger partial charge in [0, 0.05) is 26.2 Å². The van der Waals surface area contributed by atoms with Crippen molar-refractivity contribution in [3.05, 3.63) is 12.2 Å². The highest BCUT2D eigenvalue weighted by molar-refractivity contribution is 5.66. The predicted molar refractivity (Wildman–Crippen MR) is 81.7 cm³/mol. The summed E-state index contributed by atoms with van der Waals surface area (Å²) in [6.07, 6.45) is 3.10. The molecule has 1 fully saturated rings. The Morgan fingerprint density at radius 1 is 1.29 bits per heavy atom. The first kappa shape index (κ1) is 17.7. The average molecular weight is 296 g/mol. The molecule has 0 aromatic heterocycles. The Bertz CT molecular complexity index is 411. The van der Waals surface area contributed by atoms with Gasteiger partial charge < -0.3 is 9.47 Å². The van der Waals surface area contributed by atoms with Gasteiger partial charge in [0.15, 0.2) is 0 Å². The summed E-state index contributed by atoms with van der Waals surface area (Å²) < 4.78 is 10.8. The first-order chi connectivity index (χ1) is 9.63. The van der Waals surface area contributed by atoms with Crippen molar-refractivity contribution in [2.45, 2.75) is 72.5 Å². The van der Waals surface area contributed by atoms with Crippen molar-refractivity contribution in [3.8, 4) is 0 Å². The Balaban J connectivity index is 2.91. The molecule has 4 nitrogen and oxygen atoms in total. The summed E-state index contributed by atoms with van der Waals surface area (Å²) in [5.74, 6) is -0.511. The van der Waals surface area contributed by atoms with Crippen LogP contribution in [0.4, 0.5) is 0 Å². The summed E-state index contributed by atoms with van der Waals surface area (Å²) in [6.45, 7) is 13.2. The number of ether oxygens (including phenoxy) is 2. The van der Waals surface area contributed by atoms with Crippen molar-refractivity contribution in [3.63, 3.8) is 0 Å². The summed E-state index contributed by atoms with van der Waals surface area (Å²) in [5, 5.41) is 0. The molecule has 21 heavy (non-hydrogen) atoms. The Morgan fingerprint density at radius 3 is 2.33 bits per heavy atom. The van der Waals surface area contributed by atoms with Gasteiger partial charge in [0.25, 0.3) is 0 Å². The van der Waals surface area contributed by atoms with Gasteiger partial charge in [-0.15, -0.1) is 0 Å². The van der Waals surface area contributed by atoms with Crippen LogP contribution in [0, 0.1) is 11.3 Å². The van der Waals surface area contributed by atoms with E-state index in [-0.39, 0.29) is 35.5 Å². The van der Waals surface area contributed by atoms with Gasteiger partial charge in [-0.25, -0.2) is 0 Å². The number of esters is 2. The van der Waals surface area contributed by atoms with E-state index < -0.39 is 0 Å². The lowest BCUT2D eigenvalue weighted by molar-refractivity contribution is -0.156. The molecular formula is C17H28O4. The van der Waals surface area contributed by atoms with Crippen molar-refractivity contribution in [2.75, 3.05) is 0 Å². The standard InChI is InChI=1S/C17H28O4/c1-11-8-7-9-17(5,6)16(11)15(21-14(4)19)10-12(2)20-13(3)18/h12,15-16H,1,7-10H2,2-6H3. The maximum absolute atomic E-state index is 11.5. The van der Waals surface area contributed by atoms with Crippen molar-refractivity contribution in [2.24, 2.45) is 11.3 Å². The van der Waals surface area contributed by atoms with Gasteiger partial charge >= 0.3 is 11.9 Å². The van der Waals surface area contributed by atoms with Gasteiger partial charge in [0.05, 0.1) is 0 Å². The number of carbonyl (C=O) groups excluding carboxylic acids is 2. The lowest BCUT2D eigenvalue weighted by Crippen LogP contribution is -2.42. The van der Waals surface area contributed by atoms with Gasteiger partial charge in [-0.2, -0.15) is 0 Å². The Kier molecular flexibility index (Phi) is 5.99. The Hall–Kier alpha value is -1.32. The molecule has 0 bridgehead atoms. The second-order valence-electron chi connectivity index (χ2n) is 6.78. The summed E-state index contributed by atoms with van der Waals surface area (Å²) in [7, 11) is 0. The molecule has 1 rings (SSSR count).